The standard InChI is InChI=1S/C19H29N5O4S/c25-15(21-24-17(27)19(20-18(24)28)6-2-1-3-7-19)13-23-8-4-5-14(23)16(26)22-9-11-29-12-10-22/h14H,1-13H2,(H,20,28)(H,21,25). The van der Waals surface area contributed by atoms with E-state index in [0.717, 1.165) is 61.7 Å². The van der Waals surface area contributed by atoms with Crippen LogP contribution >= 0.6 is 11.8 Å². The molecule has 3 aliphatic heterocycles. The van der Waals surface area contributed by atoms with Gasteiger partial charge in [-0.3, -0.25) is 24.7 Å². The molecule has 4 rings (SSSR count). The van der Waals surface area contributed by atoms with Gasteiger partial charge in [0.2, 0.25) is 5.91 Å². The number of nitrogens with zero attached hydrogens (tertiary/aromatic N) is 3. The number of carbonyl (C=O) groups is 4. The lowest BCUT2D eigenvalue weighted by Crippen LogP contribution is -2.54. The van der Waals surface area contributed by atoms with Crippen LogP contribution in [0, 0.1) is 0 Å². The highest BCUT2D eigenvalue weighted by molar-refractivity contribution is 7.99. The zero-order chi connectivity index (χ0) is 20.4. The molecule has 0 radical (unpaired) electrons. The number of nitrogens with one attached hydrogen (secondary N) is 2. The number of hydrogen-bond acceptors (Lipinski definition) is 6. The van der Waals surface area contributed by atoms with E-state index in [1.165, 1.54) is 0 Å². The molecular weight excluding hydrogens is 394 g/mol. The van der Waals surface area contributed by atoms with Gasteiger partial charge in [-0.1, -0.05) is 19.3 Å². The van der Waals surface area contributed by atoms with Crippen LogP contribution in [0.5, 0.6) is 0 Å². The van der Waals surface area contributed by atoms with E-state index in [1.807, 2.05) is 21.6 Å². The molecule has 0 aromatic heterocycles. The van der Waals surface area contributed by atoms with Crippen molar-refractivity contribution in [2.45, 2.75) is 56.5 Å². The van der Waals surface area contributed by atoms with Crippen LogP contribution in [0.4, 0.5) is 4.79 Å². The van der Waals surface area contributed by atoms with E-state index in [9.17, 15) is 19.2 Å². The van der Waals surface area contributed by atoms with Crippen molar-refractivity contribution in [1.29, 1.82) is 0 Å². The van der Waals surface area contributed by atoms with Gasteiger partial charge in [0, 0.05) is 24.6 Å². The topological polar surface area (TPSA) is 102 Å². The number of likely N-dealkylation sites (tertiary alicyclic amines) is 1. The smallest absolute Gasteiger partial charge is 0.340 e. The molecule has 10 heteroatoms. The van der Waals surface area contributed by atoms with Gasteiger partial charge in [-0.2, -0.15) is 16.8 Å². The molecule has 4 aliphatic rings. The molecule has 5 amide bonds. The Morgan fingerprint density at radius 3 is 2.52 bits per heavy atom. The van der Waals surface area contributed by atoms with E-state index in [-0.39, 0.29) is 24.4 Å². The number of thioether (sulfide) groups is 1. The van der Waals surface area contributed by atoms with Gasteiger partial charge in [0.05, 0.1) is 12.6 Å². The Morgan fingerprint density at radius 2 is 1.79 bits per heavy atom. The number of carbonyl (C=O) groups excluding carboxylic acids is 4. The van der Waals surface area contributed by atoms with E-state index in [0.29, 0.717) is 19.4 Å². The molecule has 0 aromatic carbocycles. The molecule has 160 valence electrons. The number of hydrazine groups is 1. The number of amides is 5. The average Bonchev–Trinajstić information content (AvgIpc) is 3.27. The summed E-state index contributed by atoms with van der Waals surface area (Å²) in [5.41, 5.74) is 1.62. The minimum absolute atomic E-state index is 0.00303. The van der Waals surface area contributed by atoms with Gasteiger partial charge in [0.15, 0.2) is 0 Å². The zero-order valence-electron chi connectivity index (χ0n) is 16.7. The fraction of sp³-hybridized carbons (Fsp3) is 0.789. The highest BCUT2D eigenvalue weighted by Gasteiger charge is 2.52. The van der Waals surface area contributed by atoms with Gasteiger partial charge in [0.25, 0.3) is 11.8 Å². The maximum atomic E-state index is 12.9. The second-order valence-electron chi connectivity index (χ2n) is 8.31. The summed E-state index contributed by atoms with van der Waals surface area (Å²) in [6, 6.07) is -0.859. The number of hydrogen-bond donors (Lipinski definition) is 2. The van der Waals surface area contributed by atoms with Crippen molar-refractivity contribution in [3.05, 3.63) is 0 Å². The van der Waals surface area contributed by atoms with E-state index >= 15 is 0 Å². The van der Waals surface area contributed by atoms with Crippen LogP contribution in [0.25, 0.3) is 0 Å². The van der Waals surface area contributed by atoms with Crippen molar-refractivity contribution < 1.29 is 19.2 Å². The van der Waals surface area contributed by atoms with Crippen LogP contribution in [-0.4, -0.2) is 87.8 Å². The maximum Gasteiger partial charge on any atom is 0.344 e. The lowest BCUT2D eigenvalue weighted by Gasteiger charge is -2.32. The van der Waals surface area contributed by atoms with Crippen molar-refractivity contribution in [3.8, 4) is 0 Å². The molecular formula is C19H29N5O4S. The Labute approximate surface area is 174 Å². The average molecular weight is 424 g/mol. The van der Waals surface area contributed by atoms with Gasteiger partial charge < -0.3 is 10.2 Å². The fourth-order valence-electron chi connectivity index (χ4n) is 4.85. The predicted molar refractivity (Wildman–Crippen MR) is 108 cm³/mol. The summed E-state index contributed by atoms with van der Waals surface area (Å²) in [5.74, 6) is 1.19. The Bertz CT molecular complexity index is 690. The number of urea groups is 1. The molecule has 3 heterocycles. The maximum absolute atomic E-state index is 12.9. The molecule has 1 atom stereocenters. The molecule has 0 bridgehead atoms. The van der Waals surface area contributed by atoms with Gasteiger partial charge >= 0.3 is 6.03 Å². The highest BCUT2D eigenvalue weighted by atomic mass is 32.2. The molecule has 1 spiro atoms. The molecule has 2 N–H and O–H groups in total. The minimum atomic E-state index is -0.860. The molecule has 9 nitrogen and oxygen atoms in total. The second-order valence-corrected chi connectivity index (χ2v) is 9.54. The predicted octanol–water partition coefficient (Wildman–Crippen LogP) is 0.312. The van der Waals surface area contributed by atoms with E-state index < -0.39 is 17.5 Å². The zero-order valence-corrected chi connectivity index (χ0v) is 17.5. The summed E-state index contributed by atoms with van der Waals surface area (Å²) in [5, 5.41) is 3.62. The van der Waals surface area contributed by atoms with Gasteiger partial charge in [0.1, 0.15) is 5.54 Å². The minimum Gasteiger partial charge on any atom is -0.340 e. The molecule has 4 fully saturated rings. The first kappa shape index (κ1) is 20.5. The summed E-state index contributed by atoms with van der Waals surface area (Å²) < 4.78 is 0. The SMILES string of the molecule is O=C(CN1CCCC1C(=O)N1CCSCC1)NN1C(=O)NC2(CCCCC2)C1=O. The quantitative estimate of drug-likeness (QED) is 0.631. The van der Waals surface area contributed by atoms with Crippen molar-refractivity contribution in [3.63, 3.8) is 0 Å². The third-order valence-corrected chi connectivity index (χ3v) is 7.37. The van der Waals surface area contributed by atoms with Crippen LogP contribution < -0.4 is 10.7 Å². The molecule has 1 unspecified atom stereocenters. The van der Waals surface area contributed by atoms with E-state index in [1.54, 1.807) is 0 Å². The van der Waals surface area contributed by atoms with Crippen molar-refractivity contribution >= 4 is 35.5 Å². The van der Waals surface area contributed by atoms with Crippen LogP contribution in [-0.2, 0) is 14.4 Å². The van der Waals surface area contributed by atoms with Gasteiger partial charge in [-0.05, 0) is 32.2 Å². The highest BCUT2D eigenvalue weighted by Crippen LogP contribution is 2.33. The summed E-state index contributed by atoms with van der Waals surface area (Å²) in [6.07, 6.45) is 5.65. The third-order valence-electron chi connectivity index (χ3n) is 6.42. The summed E-state index contributed by atoms with van der Waals surface area (Å²) >= 11 is 1.85. The third kappa shape index (κ3) is 4.09. The monoisotopic (exact) mass is 423 g/mol. The Hall–Kier alpha value is -1.81. The number of imide groups is 1. The van der Waals surface area contributed by atoms with Crippen molar-refractivity contribution in [2.24, 2.45) is 0 Å². The van der Waals surface area contributed by atoms with E-state index in [2.05, 4.69) is 10.7 Å². The normalized spacial score (nSPS) is 27.4. The lowest BCUT2D eigenvalue weighted by molar-refractivity contribution is -0.141. The largest absolute Gasteiger partial charge is 0.344 e. The van der Waals surface area contributed by atoms with Crippen LogP contribution in [0.3, 0.4) is 0 Å². The molecule has 3 saturated heterocycles. The summed E-state index contributed by atoms with van der Waals surface area (Å²) in [6.45, 7) is 2.18. The Kier molecular flexibility index (Phi) is 6.00. The first-order valence-corrected chi connectivity index (χ1v) is 11.7. The van der Waals surface area contributed by atoms with Gasteiger partial charge in [-0.15, -0.1) is 0 Å². The van der Waals surface area contributed by atoms with Crippen LogP contribution in [0.15, 0.2) is 0 Å². The first-order chi connectivity index (χ1) is 14.0. The lowest BCUT2D eigenvalue weighted by atomic mass is 9.82. The van der Waals surface area contributed by atoms with Crippen molar-refractivity contribution in [1.82, 2.24) is 25.6 Å². The Balaban J connectivity index is 1.34. The molecule has 1 saturated carbocycles. The summed E-state index contributed by atoms with van der Waals surface area (Å²) in [4.78, 5) is 54.3. The van der Waals surface area contributed by atoms with E-state index in [4.69, 9.17) is 0 Å². The van der Waals surface area contributed by atoms with Gasteiger partial charge in [-0.25, -0.2) is 4.79 Å². The first-order valence-electron chi connectivity index (χ1n) is 10.6. The number of rotatable bonds is 4. The second kappa shape index (κ2) is 8.51. The fourth-order valence-corrected chi connectivity index (χ4v) is 5.75. The molecule has 0 aromatic rings. The van der Waals surface area contributed by atoms with Crippen LogP contribution in [0.2, 0.25) is 0 Å². The summed E-state index contributed by atoms with van der Waals surface area (Å²) in [7, 11) is 0. The van der Waals surface area contributed by atoms with Crippen molar-refractivity contribution in [2.75, 3.05) is 37.7 Å². The molecule has 29 heavy (non-hydrogen) atoms. The van der Waals surface area contributed by atoms with Crippen LogP contribution in [0.1, 0.15) is 44.9 Å². The Morgan fingerprint density at radius 1 is 1.07 bits per heavy atom. The molecule has 1 aliphatic carbocycles.